The third-order valence-corrected chi connectivity index (χ3v) is 7.97. The number of aliphatic hydroxyl groups excluding tert-OH is 1. The van der Waals surface area contributed by atoms with Crippen molar-refractivity contribution in [2.75, 3.05) is 19.8 Å². The molecule has 1 fully saturated rings. The molecule has 40 heavy (non-hydrogen) atoms. The molecule has 2 aromatic rings. The molecule has 0 aliphatic carbocycles. The molecule has 7 nitrogen and oxygen atoms in total. The number of carbonyl (C=O) groups excluding carboxylic acids is 3. The summed E-state index contributed by atoms with van der Waals surface area (Å²) in [5.41, 5.74) is 2.13. The first-order chi connectivity index (χ1) is 19.5. The molecule has 2 N–H and O–H groups in total. The van der Waals surface area contributed by atoms with Crippen molar-refractivity contribution in [2.24, 2.45) is 11.8 Å². The lowest BCUT2D eigenvalue weighted by Gasteiger charge is -2.27. The van der Waals surface area contributed by atoms with Gasteiger partial charge in [0, 0.05) is 13.0 Å². The number of benzene rings is 2. The molecule has 2 amide bonds. The lowest BCUT2D eigenvalue weighted by atomic mass is 9.93. The predicted octanol–water partition coefficient (Wildman–Crippen LogP) is 4.24. The monoisotopic (exact) mass is 546 g/mol. The molecule has 4 rings (SSSR count). The van der Waals surface area contributed by atoms with Gasteiger partial charge in [-0.3, -0.25) is 14.4 Å². The van der Waals surface area contributed by atoms with Crippen LogP contribution in [0.3, 0.4) is 0 Å². The lowest BCUT2D eigenvalue weighted by molar-refractivity contribution is -0.150. The number of cyclic esters (lactones) is 1. The number of hydrogen-bond acceptors (Lipinski definition) is 5. The van der Waals surface area contributed by atoms with Gasteiger partial charge >= 0.3 is 5.97 Å². The summed E-state index contributed by atoms with van der Waals surface area (Å²) in [6, 6.07) is 19.2. The minimum absolute atomic E-state index is 0.0573. The van der Waals surface area contributed by atoms with Crippen LogP contribution < -0.4 is 5.32 Å². The highest BCUT2D eigenvalue weighted by Gasteiger charge is 2.32. The number of rotatable bonds is 7. The van der Waals surface area contributed by atoms with Crippen LogP contribution in [-0.4, -0.2) is 59.6 Å². The molecule has 7 heteroatoms. The molecular weight excluding hydrogens is 504 g/mol. The second kappa shape index (κ2) is 15.4. The highest BCUT2D eigenvalue weighted by molar-refractivity contribution is 5.86. The van der Waals surface area contributed by atoms with Crippen LogP contribution in [-0.2, 0) is 32.0 Å². The summed E-state index contributed by atoms with van der Waals surface area (Å²) in [6.07, 6.45) is 9.71. The summed E-state index contributed by atoms with van der Waals surface area (Å²) in [4.78, 5) is 41.7. The molecule has 0 bridgehead atoms. The van der Waals surface area contributed by atoms with E-state index in [1.807, 2.05) is 66.7 Å². The fraction of sp³-hybridized carbons (Fsp3) is 0.485. The number of ether oxygens (including phenoxy) is 1. The van der Waals surface area contributed by atoms with E-state index in [4.69, 9.17) is 4.74 Å². The number of allylic oxidation sites excluding steroid dienone is 2. The van der Waals surface area contributed by atoms with Gasteiger partial charge in [-0.15, -0.1) is 0 Å². The van der Waals surface area contributed by atoms with Crippen molar-refractivity contribution in [3.8, 4) is 0 Å². The average Bonchev–Trinajstić information content (AvgIpc) is 3.46. The minimum Gasteiger partial charge on any atom is -0.463 e. The van der Waals surface area contributed by atoms with Gasteiger partial charge in [0.2, 0.25) is 11.8 Å². The molecule has 2 aromatic carbocycles. The van der Waals surface area contributed by atoms with Crippen molar-refractivity contribution in [3.05, 3.63) is 83.9 Å². The Kier molecular flexibility index (Phi) is 11.3. The van der Waals surface area contributed by atoms with Crippen LogP contribution in [0.15, 0.2) is 72.8 Å². The number of aliphatic hydroxyl groups is 1. The summed E-state index contributed by atoms with van der Waals surface area (Å²) in [5.74, 6) is -1.34. The molecule has 0 aromatic heterocycles. The van der Waals surface area contributed by atoms with Crippen LogP contribution in [0.1, 0.15) is 56.1 Å². The van der Waals surface area contributed by atoms with Crippen LogP contribution >= 0.6 is 0 Å². The fourth-order valence-corrected chi connectivity index (χ4v) is 5.70. The standard InChI is InChI=1S/C33H42N2O5/c36-23-30-18-11-19-35(30)31(37)22-27-16-9-1-2-10-17-28(20-25-12-5-3-6-13-25)33(39)40-24-29(34-32(27)38)21-26-14-7-4-8-15-26/h1,3-9,12-15,27-30,36H,2,10-11,16-24H2,(H,34,38)/t27-,28-,29-,30+/m1/s1. The summed E-state index contributed by atoms with van der Waals surface area (Å²) in [7, 11) is 0. The first-order valence-electron chi connectivity index (χ1n) is 14.6. The Hall–Kier alpha value is -3.45. The van der Waals surface area contributed by atoms with Gasteiger partial charge in [-0.2, -0.15) is 0 Å². The largest absolute Gasteiger partial charge is 0.463 e. The second-order valence-corrected chi connectivity index (χ2v) is 11.0. The maximum Gasteiger partial charge on any atom is 0.309 e. The number of carbonyl (C=O) groups is 3. The van der Waals surface area contributed by atoms with Crippen LogP contribution in [0, 0.1) is 11.8 Å². The molecule has 4 atom stereocenters. The summed E-state index contributed by atoms with van der Waals surface area (Å²) in [5, 5.41) is 12.8. The van der Waals surface area contributed by atoms with Gasteiger partial charge in [0.1, 0.15) is 6.61 Å². The predicted molar refractivity (Wildman–Crippen MR) is 154 cm³/mol. The number of nitrogens with one attached hydrogen (secondary N) is 1. The van der Waals surface area contributed by atoms with Gasteiger partial charge in [0.05, 0.1) is 30.5 Å². The van der Waals surface area contributed by atoms with Crippen molar-refractivity contribution in [3.63, 3.8) is 0 Å². The maximum absolute atomic E-state index is 13.6. The van der Waals surface area contributed by atoms with E-state index < -0.39 is 12.0 Å². The van der Waals surface area contributed by atoms with Crippen molar-refractivity contribution >= 4 is 17.8 Å². The number of amides is 2. The van der Waals surface area contributed by atoms with E-state index in [0.717, 1.165) is 36.8 Å². The highest BCUT2D eigenvalue weighted by atomic mass is 16.5. The first kappa shape index (κ1) is 29.5. The molecular formula is C33H42N2O5. The van der Waals surface area contributed by atoms with Crippen LogP contribution in [0.25, 0.3) is 0 Å². The summed E-state index contributed by atoms with van der Waals surface area (Å²) in [6.45, 7) is 0.628. The molecule has 0 unspecified atom stereocenters. The zero-order valence-corrected chi connectivity index (χ0v) is 23.3. The molecule has 1 saturated heterocycles. The molecule has 214 valence electrons. The van der Waals surface area contributed by atoms with Gasteiger partial charge in [0.25, 0.3) is 0 Å². The van der Waals surface area contributed by atoms with E-state index in [0.29, 0.717) is 32.2 Å². The lowest BCUT2D eigenvalue weighted by Crippen LogP contribution is -2.45. The average molecular weight is 547 g/mol. The molecule has 2 heterocycles. The van der Waals surface area contributed by atoms with Crippen LogP contribution in [0.5, 0.6) is 0 Å². The SMILES string of the molecule is O=C1N[C@H](Cc2ccccc2)COC(=O)[C@@H](Cc2ccccc2)CCCC=CC[C@@H]1CC(=O)N1CCC[C@H]1CO. The quantitative estimate of drug-likeness (QED) is 0.400. The highest BCUT2D eigenvalue weighted by Crippen LogP contribution is 2.23. The van der Waals surface area contributed by atoms with Crippen molar-refractivity contribution in [2.45, 2.75) is 69.9 Å². The van der Waals surface area contributed by atoms with Gasteiger partial charge in [-0.1, -0.05) is 72.8 Å². The molecule has 0 saturated carbocycles. The minimum atomic E-state index is -0.536. The van der Waals surface area contributed by atoms with E-state index in [-0.39, 0.29) is 49.4 Å². The second-order valence-electron chi connectivity index (χ2n) is 11.0. The summed E-state index contributed by atoms with van der Waals surface area (Å²) < 4.78 is 5.86. The van der Waals surface area contributed by atoms with Crippen molar-refractivity contribution < 1.29 is 24.2 Å². The van der Waals surface area contributed by atoms with Gasteiger partial charge in [0.15, 0.2) is 0 Å². The van der Waals surface area contributed by atoms with Crippen LogP contribution in [0.4, 0.5) is 0 Å². The summed E-state index contributed by atoms with van der Waals surface area (Å²) >= 11 is 0. The molecule has 0 spiro atoms. The van der Waals surface area contributed by atoms with Gasteiger partial charge in [-0.25, -0.2) is 0 Å². The van der Waals surface area contributed by atoms with E-state index in [2.05, 4.69) is 11.4 Å². The third kappa shape index (κ3) is 8.78. The Labute approximate surface area is 237 Å². The van der Waals surface area contributed by atoms with Crippen LogP contribution in [0.2, 0.25) is 0 Å². The van der Waals surface area contributed by atoms with E-state index in [9.17, 15) is 19.5 Å². The van der Waals surface area contributed by atoms with Crippen molar-refractivity contribution in [1.82, 2.24) is 10.2 Å². The van der Waals surface area contributed by atoms with Crippen molar-refractivity contribution in [1.29, 1.82) is 0 Å². The number of hydrogen-bond donors (Lipinski definition) is 2. The normalized spacial score (nSPS) is 24.7. The molecule has 2 aliphatic heterocycles. The van der Waals surface area contributed by atoms with E-state index in [1.54, 1.807) is 4.90 Å². The first-order valence-corrected chi connectivity index (χ1v) is 14.6. The molecule has 2 aliphatic rings. The van der Waals surface area contributed by atoms with Gasteiger partial charge in [-0.05, 0) is 62.5 Å². The fourth-order valence-electron chi connectivity index (χ4n) is 5.70. The Morgan fingerprint density at radius 1 is 0.900 bits per heavy atom. The number of likely N-dealkylation sites (tertiary alicyclic amines) is 1. The zero-order chi connectivity index (χ0) is 28.2. The Morgan fingerprint density at radius 3 is 2.30 bits per heavy atom. The maximum atomic E-state index is 13.6. The number of esters is 1. The third-order valence-electron chi connectivity index (χ3n) is 7.97. The Bertz CT molecular complexity index is 1120. The Morgan fingerprint density at radius 2 is 1.60 bits per heavy atom. The topological polar surface area (TPSA) is 95.9 Å². The van der Waals surface area contributed by atoms with E-state index in [1.165, 1.54) is 0 Å². The van der Waals surface area contributed by atoms with Gasteiger partial charge < -0.3 is 20.1 Å². The Balaban J connectivity index is 1.50. The van der Waals surface area contributed by atoms with E-state index >= 15 is 0 Å². The number of nitrogens with zero attached hydrogens (tertiary/aromatic N) is 1. The molecule has 0 radical (unpaired) electrons. The zero-order valence-electron chi connectivity index (χ0n) is 23.3. The smallest absolute Gasteiger partial charge is 0.309 e.